The topological polar surface area (TPSA) is 67.5 Å². The maximum Gasteiger partial charge on any atom is 0.165 e. The van der Waals surface area contributed by atoms with Crippen molar-refractivity contribution in [2.45, 2.75) is 37.4 Å². The van der Waals surface area contributed by atoms with Crippen LogP contribution in [0.4, 0.5) is 0 Å². The van der Waals surface area contributed by atoms with Gasteiger partial charge in [-0.3, -0.25) is 4.57 Å². The fourth-order valence-corrected chi connectivity index (χ4v) is 3.28. The van der Waals surface area contributed by atoms with Crippen molar-refractivity contribution in [1.29, 1.82) is 0 Å². The van der Waals surface area contributed by atoms with Gasteiger partial charge in [0.15, 0.2) is 6.23 Å². The lowest BCUT2D eigenvalue weighted by molar-refractivity contribution is -0.0604. The van der Waals surface area contributed by atoms with Crippen molar-refractivity contribution in [2.75, 3.05) is 0 Å². The molecule has 1 unspecified atom stereocenters. The Morgan fingerprint density at radius 1 is 1.40 bits per heavy atom. The molecule has 1 aliphatic heterocycles. The predicted molar refractivity (Wildman–Crippen MR) is 73.1 cm³/mol. The summed E-state index contributed by atoms with van der Waals surface area (Å²) in [7, 11) is 0. The molecule has 0 amide bonds. The van der Waals surface area contributed by atoms with E-state index in [9.17, 15) is 10.2 Å². The second-order valence-corrected chi connectivity index (χ2v) is 5.53. The number of aliphatic hydroxyl groups is 2. The van der Waals surface area contributed by atoms with Gasteiger partial charge >= 0.3 is 0 Å². The molecule has 1 aromatic carbocycles. The number of nitrogens with zero attached hydrogens (tertiary/aromatic N) is 2. The number of rotatable bonds is 1. The van der Waals surface area contributed by atoms with Crippen LogP contribution in [-0.2, 0) is 4.74 Å². The van der Waals surface area contributed by atoms with Crippen molar-refractivity contribution in [3.05, 3.63) is 42.2 Å². The Balaban J connectivity index is 1.85. The van der Waals surface area contributed by atoms with Crippen LogP contribution in [0.1, 0.15) is 18.5 Å². The van der Waals surface area contributed by atoms with Crippen molar-refractivity contribution in [2.24, 2.45) is 0 Å². The largest absolute Gasteiger partial charge is 0.385 e. The average molecular weight is 272 g/mol. The zero-order valence-electron chi connectivity index (χ0n) is 11.1. The van der Waals surface area contributed by atoms with E-state index in [1.54, 1.807) is 0 Å². The van der Waals surface area contributed by atoms with Gasteiger partial charge < -0.3 is 14.9 Å². The van der Waals surface area contributed by atoms with E-state index in [2.05, 4.69) is 4.98 Å². The highest BCUT2D eigenvalue weighted by molar-refractivity contribution is 5.76. The molecule has 0 bridgehead atoms. The van der Waals surface area contributed by atoms with Gasteiger partial charge in [0.1, 0.15) is 23.6 Å². The minimum atomic E-state index is -1.22. The third kappa shape index (κ3) is 1.40. The van der Waals surface area contributed by atoms with Crippen LogP contribution in [0, 0.1) is 6.92 Å². The molecule has 5 heteroatoms. The predicted octanol–water partition coefficient (Wildman–Crippen LogP) is 1.29. The average Bonchev–Trinajstić information content (AvgIpc) is 3.02. The smallest absolute Gasteiger partial charge is 0.165 e. The molecular formula is C15H16N2O3. The van der Waals surface area contributed by atoms with E-state index in [4.69, 9.17) is 4.74 Å². The highest BCUT2D eigenvalue weighted by atomic mass is 16.6. The van der Waals surface area contributed by atoms with Crippen LogP contribution in [0.15, 0.2) is 36.4 Å². The molecule has 0 saturated carbocycles. The third-order valence-corrected chi connectivity index (χ3v) is 4.34. The van der Waals surface area contributed by atoms with Gasteiger partial charge in [0.05, 0.1) is 11.0 Å². The summed E-state index contributed by atoms with van der Waals surface area (Å²) in [6, 6.07) is 7.72. The lowest BCUT2D eigenvalue weighted by atomic mass is 9.93. The van der Waals surface area contributed by atoms with E-state index < -0.39 is 24.0 Å². The van der Waals surface area contributed by atoms with E-state index in [0.29, 0.717) is 6.42 Å². The summed E-state index contributed by atoms with van der Waals surface area (Å²) in [4.78, 5) is 4.48. The summed E-state index contributed by atoms with van der Waals surface area (Å²) in [5.74, 6) is 0.766. The summed E-state index contributed by atoms with van der Waals surface area (Å²) in [6.07, 6.45) is 2.05. The number of ether oxygens (including phenoxy) is 1. The highest BCUT2D eigenvalue weighted by Crippen LogP contribution is 2.44. The van der Waals surface area contributed by atoms with Gasteiger partial charge in [-0.1, -0.05) is 24.3 Å². The molecule has 0 radical (unpaired) electrons. The molecule has 1 fully saturated rings. The van der Waals surface area contributed by atoms with Crippen LogP contribution in [0.5, 0.6) is 0 Å². The highest BCUT2D eigenvalue weighted by Gasteiger charge is 2.56. The van der Waals surface area contributed by atoms with Gasteiger partial charge in [-0.05, 0) is 25.5 Å². The number of para-hydroxylation sites is 2. The number of hydrogen-bond donors (Lipinski definition) is 2. The van der Waals surface area contributed by atoms with Crippen molar-refractivity contribution in [3.63, 3.8) is 0 Å². The Morgan fingerprint density at radius 2 is 2.20 bits per heavy atom. The maximum absolute atomic E-state index is 10.6. The molecule has 2 N–H and O–H groups in total. The Labute approximate surface area is 116 Å². The molecular weight excluding hydrogens is 256 g/mol. The molecule has 104 valence electrons. The Kier molecular flexibility index (Phi) is 2.36. The number of hydrogen-bond acceptors (Lipinski definition) is 4. The number of aliphatic hydroxyl groups excluding tert-OH is 1. The van der Waals surface area contributed by atoms with E-state index in [-0.39, 0.29) is 0 Å². The van der Waals surface area contributed by atoms with E-state index in [0.717, 1.165) is 16.9 Å². The molecule has 5 nitrogen and oxygen atoms in total. The fraction of sp³-hybridized carbons (Fsp3) is 0.400. The summed E-state index contributed by atoms with van der Waals surface area (Å²) in [5.41, 5.74) is 0.546. The monoisotopic (exact) mass is 272 g/mol. The van der Waals surface area contributed by atoms with Gasteiger partial charge in [0, 0.05) is 0 Å². The van der Waals surface area contributed by atoms with Crippen molar-refractivity contribution in [3.8, 4) is 0 Å². The minimum absolute atomic E-state index is 0.418. The number of benzene rings is 1. The zero-order chi connectivity index (χ0) is 13.9. The second-order valence-electron chi connectivity index (χ2n) is 5.53. The molecule has 1 aliphatic carbocycles. The molecule has 4 rings (SSSR count). The van der Waals surface area contributed by atoms with Crippen LogP contribution >= 0.6 is 0 Å². The van der Waals surface area contributed by atoms with Gasteiger partial charge in [-0.2, -0.15) is 0 Å². The number of fused-ring (bicyclic) bond motifs is 2. The fourth-order valence-electron chi connectivity index (χ4n) is 3.28. The van der Waals surface area contributed by atoms with Crippen LogP contribution in [0.2, 0.25) is 0 Å². The van der Waals surface area contributed by atoms with Crippen LogP contribution in [-0.4, -0.2) is 37.6 Å². The van der Waals surface area contributed by atoms with Crippen molar-refractivity contribution < 1.29 is 14.9 Å². The van der Waals surface area contributed by atoms with E-state index in [1.807, 2.05) is 47.9 Å². The van der Waals surface area contributed by atoms with E-state index >= 15 is 0 Å². The molecule has 1 aromatic heterocycles. The standard InChI is InChI=1S/C15H16N2O3/c1-9-16-10-5-2-3-6-11(10)17(9)14-13(18)15(19)8-4-7-12(15)20-14/h2-7,12-14,18-19H,8H2,1H3/t12?,13-,14+,15+/m0/s1. The molecule has 1 saturated heterocycles. The van der Waals surface area contributed by atoms with Gasteiger partial charge in [0.25, 0.3) is 0 Å². The zero-order valence-corrected chi connectivity index (χ0v) is 11.1. The molecule has 0 spiro atoms. The van der Waals surface area contributed by atoms with E-state index in [1.165, 1.54) is 0 Å². The molecule has 4 atom stereocenters. The number of aryl methyl sites for hydroxylation is 1. The molecule has 20 heavy (non-hydrogen) atoms. The number of aromatic nitrogens is 2. The summed E-state index contributed by atoms with van der Waals surface area (Å²) in [5, 5.41) is 21.1. The Bertz CT molecular complexity index is 708. The van der Waals surface area contributed by atoms with Gasteiger partial charge in [-0.25, -0.2) is 4.98 Å². The first-order chi connectivity index (χ1) is 9.61. The van der Waals surface area contributed by atoms with Crippen molar-refractivity contribution in [1.82, 2.24) is 9.55 Å². The molecule has 2 aliphatic rings. The first-order valence-corrected chi connectivity index (χ1v) is 6.77. The van der Waals surface area contributed by atoms with Crippen LogP contribution < -0.4 is 0 Å². The Hall–Kier alpha value is -1.69. The molecule has 2 heterocycles. The van der Waals surface area contributed by atoms with Crippen LogP contribution in [0.25, 0.3) is 11.0 Å². The Morgan fingerprint density at radius 3 is 3.00 bits per heavy atom. The van der Waals surface area contributed by atoms with Gasteiger partial charge in [-0.15, -0.1) is 0 Å². The quantitative estimate of drug-likeness (QED) is 0.768. The summed E-state index contributed by atoms with van der Waals surface area (Å²) >= 11 is 0. The first-order valence-electron chi connectivity index (χ1n) is 6.77. The lowest BCUT2D eigenvalue weighted by Gasteiger charge is -2.25. The molecule has 2 aromatic rings. The van der Waals surface area contributed by atoms with Gasteiger partial charge in [0.2, 0.25) is 0 Å². The minimum Gasteiger partial charge on any atom is -0.385 e. The normalized spacial score (nSPS) is 35.9. The summed E-state index contributed by atoms with van der Waals surface area (Å²) < 4.78 is 7.74. The van der Waals surface area contributed by atoms with Crippen molar-refractivity contribution >= 4 is 11.0 Å². The first kappa shape index (κ1) is 12.1. The van der Waals surface area contributed by atoms with Crippen LogP contribution in [0.3, 0.4) is 0 Å². The second kappa shape index (κ2) is 3.91. The maximum atomic E-state index is 10.6. The lowest BCUT2D eigenvalue weighted by Crippen LogP contribution is -2.44. The SMILES string of the molecule is Cc1nc2ccccc2n1[C@@H]1OC2C=CC[C@]2(O)[C@H]1O. The number of imidazole rings is 1. The third-order valence-electron chi connectivity index (χ3n) is 4.34. The summed E-state index contributed by atoms with van der Waals surface area (Å²) in [6.45, 7) is 1.88.